The Balaban J connectivity index is 2.22. The van der Waals surface area contributed by atoms with Gasteiger partial charge in [0.25, 0.3) is 0 Å². The third kappa shape index (κ3) is 2.17. The van der Waals surface area contributed by atoms with Crippen LogP contribution < -0.4 is 5.32 Å². The Morgan fingerprint density at radius 2 is 1.87 bits per heavy atom. The Hall–Kier alpha value is -0.570. The molecule has 0 aromatic heterocycles. The molecule has 0 radical (unpaired) electrons. The Bertz CT molecular complexity index is 279. The molecule has 15 heavy (non-hydrogen) atoms. The van der Waals surface area contributed by atoms with Gasteiger partial charge in [0, 0.05) is 24.7 Å². The van der Waals surface area contributed by atoms with Gasteiger partial charge in [-0.1, -0.05) is 0 Å². The Kier molecular flexibility index (Phi) is 2.34. The molecule has 1 saturated carbocycles. The second-order valence-electron chi connectivity index (χ2n) is 6.29. The number of amides is 1. The van der Waals surface area contributed by atoms with Crippen LogP contribution in [0.3, 0.4) is 0 Å². The van der Waals surface area contributed by atoms with Crippen molar-refractivity contribution in [2.45, 2.75) is 52.1 Å². The van der Waals surface area contributed by atoms with E-state index in [1.54, 1.807) is 0 Å². The van der Waals surface area contributed by atoms with Gasteiger partial charge in [0.15, 0.2) is 0 Å². The van der Waals surface area contributed by atoms with E-state index in [4.69, 9.17) is 0 Å². The van der Waals surface area contributed by atoms with Crippen LogP contribution in [0.4, 0.5) is 0 Å². The largest absolute Gasteiger partial charge is 0.337 e. The SMILES string of the molecule is CC1(C)CN(C2CC2)C(=O)C(C)(C)CN1. The van der Waals surface area contributed by atoms with Gasteiger partial charge in [-0.25, -0.2) is 0 Å². The smallest absolute Gasteiger partial charge is 0.229 e. The monoisotopic (exact) mass is 210 g/mol. The number of nitrogens with zero attached hydrogens (tertiary/aromatic N) is 1. The van der Waals surface area contributed by atoms with Crippen molar-refractivity contribution in [3.8, 4) is 0 Å². The highest BCUT2D eigenvalue weighted by atomic mass is 16.2. The quantitative estimate of drug-likeness (QED) is 0.709. The van der Waals surface area contributed by atoms with Crippen molar-refractivity contribution in [3.63, 3.8) is 0 Å². The molecule has 0 aromatic carbocycles. The molecule has 2 rings (SSSR count). The lowest BCUT2D eigenvalue weighted by Gasteiger charge is -2.31. The van der Waals surface area contributed by atoms with Crippen LogP contribution in [0.1, 0.15) is 40.5 Å². The van der Waals surface area contributed by atoms with E-state index in [9.17, 15) is 4.79 Å². The zero-order valence-corrected chi connectivity index (χ0v) is 10.3. The molecule has 1 amide bonds. The van der Waals surface area contributed by atoms with Gasteiger partial charge in [0.1, 0.15) is 0 Å². The van der Waals surface area contributed by atoms with Crippen molar-refractivity contribution >= 4 is 5.91 Å². The van der Waals surface area contributed by atoms with Crippen LogP contribution in [-0.4, -0.2) is 35.5 Å². The van der Waals surface area contributed by atoms with Crippen LogP contribution in [0.5, 0.6) is 0 Å². The minimum atomic E-state index is -0.254. The summed E-state index contributed by atoms with van der Waals surface area (Å²) in [4.78, 5) is 14.4. The van der Waals surface area contributed by atoms with E-state index in [0.29, 0.717) is 11.9 Å². The van der Waals surface area contributed by atoms with E-state index >= 15 is 0 Å². The summed E-state index contributed by atoms with van der Waals surface area (Å²) in [6.07, 6.45) is 2.38. The maximum absolute atomic E-state index is 12.3. The van der Waals surface area contributed by atoms with E-state index in [-0.39, 0.29) is 11.0 Å². The van der Waals surface area contributed by atoms with Gasteiger partial charge in [-0.2, -0.15) is 0 Å². The molecule has 0 atom stereocenters. The van der Waals surface area contributed by atoms with E-state index in [0.717, 1.165) is 13.1 Å². The number of carbonyl (C=O) groups is 1. The minimum absolute atomic E-state index is 0.0476. The maximum Gasteiger partial charge on any atom is 0.229 e. The summed E-state index contributed by atoms with van der Waals surface area (Å²) in [6, 6.07) is 0.524. The van der Waals surface area contributed by atoms with E-state index < -0.39 is 0 Å². The van der Waals surface area contributed by atoms with E-state index in [1.807, 2.05) is 13.8 Å². The predicted molar refractivity (Wildman–Crippen MR) is 60.6 cm³/mol. The lowest BCUT2D eigenvalue weighted by Crippen LogP contribution is -2.47. The molecule has 3 heteroatoms. The highest BCUT2D eigenvalue weighted by molar-refractivity contribution is 5.83. The molecule has 3 nitrogen and oxygen atoms in total. The van der Waals surface area contributed by atoms with Crippen LogP contribution in [0.2, 0.25) is 0 Å². The Morgan fingerprint density at radius 1 is 1.27 bits per heavy atom. The summed E-state index contributed by atoms with van der Waals surface area (Å²) in [5, 5.41) is 3.49. The molecular formula is C12H22N2O. The molecular weight excluding hydrogens is 188 g/mol. The van der Waals surface area contributed by atoms with Crippen molar-refractivity contribution in [1.82, 2.24) is 10.2 Å². The summed E-state index contributed by atoms with van der Waals surface area (Å²) in [7, 11) is 0. The first kappa shape index (κ1) is 10.9. The average molecular weight is 210 g/mol. The molecule has 1 saturated heterocycles. The first-order valence-electron chi connectivity index (χ1n) is 5.88. The van der Waals surface area contributed by atoms with Gasteiger partial charge in [-0.15, -0.1) is 0 Å². The van der Waals surface area contributed by atoms with Crippen LogP contribution >= 0.6 is 0 Å². The lowest BCUT2D eigenvalue weighted by atomic mass is 9.92. The molecule has 1 aliphatic heterocycles. The van der Waals surface area contributed by atoms with Gasteiger partial charge in [-0.05, 0) is 40.5 Å². The van der Waals surface area contributed by atoms with Crippen molar-refractivity contribution in [3.05, 3.63) is 0 Å². The fraction of sp³-hybridized carbons (Fsp3) is 0.917. The van der Waals surface area contributed by atoms with Crippen molar-refractivity contribution in [1.29, 1.82) is 0 Å². The lowest BCUT2D eigenvalue weighted by molar-refractivity contribution is -0.139. The normalized spacial score (nSPS) is 30.1. The molecule has 1 N–H and O–H groups in total. The number of rotatable bonds is 1. The Morgan fingerprint density at radius 3 is 2.40 bits per heavy atom. The third-order valence-corrected chi connectivity index (χ3v) is 3.40. The maximum atomic E-state index is 12.3. The Labute approximate surface area is 92.2 Å². The minimum Gasteiger partial charge on any atom is -0.337 e. The number of hydrogen-bond donors (Lipinski definition) is 1. The van der Waals surface area contributed by atoms with Crippen LogP contribution in [0.25, 0.3) is 0 Å². The number of hydrogen-bond acceptors (Lipinski definition) is 2. The summed E-state index contributed by atoms with van der Waals surface area (Å²) in [5.74, 6) is 0.322. The summed E-state index contributed by atoms with van der Waals surface area (Å²) in [5.41, 5.74) is -0.206. The van der Waals surface area contributed by atoms with Crippen LogP contribution in [-0.2, 0) is 4.79 Å². The fourth-order valence-corrected chi connectivity index (χ4v) is 2.16. The average Bonchev–Trinajstić information content (AvgIpc) is 2.92. The second kappa shape index (κ2) is 3.21. The topological polar surface area (TPSA) is 32.3 Å². The van der Waals surface area contributed by atoms with E-state index in [2.05, 4.69) is 24.1 Å². The van der Waals surface area contributed by atoms with Gasteiger partial charge in [-0.3, -0.25) is 4.79 Å². The van der Waals surface area contributed by atoms with Crippen molar-refractivity contribution in [2.75, 3.05) is 13.1 Å². The molecule has 1 heterocycles. The summed E-state index contributed by atoms with van der Waals surface area (Å²) < 4.78 is 0. The second-order valence-corrected chi connectivity index (χ2v) is 6.29. The first-order valence-corrected chi connectivity index (χ1v) is 5.88. The van der Waals surface area contributed by atoms with Gasteiger partial charge >= 0.3 is 0 Å². The van der Waals surface area contributed by atoms with Crippen LogP contribution in [0.15, 0.2) is 0 Å². The zero-order valence-electron chi connectivity index (χ0n) is 10.3. The third-order valence-electron chi connectivity index (χ3n) is 3.40. The van der Waals surface area contributed by atoms with Gasteiger partial charge in [0.2, 0.25) is 5.91 Å². The van der Waals surface area contributed by atoms with Gasteiger partial charge < -0.3 is 10.2 Å². The van der Waals surface area contributed by atoms with Crippen molar-refractivity contribution < 1.29 is 4.79 Å². The molecule has 0 spiro atoms. The molecule has 0 unspecified atom stereocenters. The molecule has 0 aromatic rings. The molecule has 2 fully saturated rings. The van der Waals surface area contributed by atoms with Crippen molar-refractivity contribution in [2.24, 2.45) is 5.41 Å². The highest BCUT2D eigenvalue weighted by Crippen LogP contribution is 2.34. The summed E-state index contributed by atoms with van der Waals surface area (Å²) in [6.45, 7) is 10.1. The first-order chi connectivity index (χ1) is 6.82. The van der Waals surface area contributed by atoms with Crippen LogP contribution in [0, 0.1) is 5.41 Å². The fourth-order valence-electron chi connectivity index (χ4n) is 2.16. The zero-order chi connectivity index (χ0) is 11.3. The highest BCUT2D eigenvalue weighted by Gasteiger charge is 2.44. The van der Waals surface area contributed by atoms with E-state index in [1.165, 1.54) is 12.8 Å². The molecule has 86 valence electrons. The predicted octanol–water partition coefficient (Wildman–Crippen LogP) is 1.39. The standard InChI is InChI=1S/C12H22N2O/c1-11(2)7-13-12(3,4)8-14(10(11)15)9-5-6-9/h9,13H,5-8H2,1-4H3. The molecule has 1 aliphatic carbocycles. The molecule has 0 bridgehead atoms. The summed E-state index contributed by atoms with van der Waals surface area (Å²) >= 11 is 0. The number of carbonyl (C=O) groups excluding carboxylic acids is 1. The number of nitrogens with one attached hydrogen (secondary N) is 1. The van der Waals surface area contributed by atoms with Gasteiger partial charge in [0.05, 0.1) is 5.41 Å². The molecule has 2 aliphatic rings.